The van der Waals surface area contributed by atoms with Crippen LogP contribution in [0.3, 0.4) is 0 Å². The molecule has 1 aliphatic rings. The summed E-state index contributed by atoms with van der Waals surface area (Å²) in [5, 5.41) is 3.29. The number of nitrogens with zero attached hydrogens (tertiary/aromatic N) is 1. The zero-order chi connectivity index (χ0) is 12.3. The van der Waals surface area contributed by atoms with Gasteiger partial charge in [-0.25, -0.2) is 4.39 Å². The molecule has 17 heavy (non-hydrogen) atoms. The second-order valence-electron chi connectivity index (χ2n) is 4.11. The van der Waals surface area contributed by atoms with Crippen LogP contribution in [-0.4, -0.2) is 31.1 Å². The van der Waals surface area contributed by atoms with Crippen molar-refractivity contribution in [2.24, 2.45) is 0 Å². The van der Waals surface area contributed by atoms with Gasteiger partial charge in [0.1, 0.15) is 5.82 Å². The summed E-state index contributed by atoms with van der Waals surface area (Å²) >= 11 is 3.23. The molecule has 0 unspecified atom stereocenters. The van der Waals surface area contributed by atoms with Crippen molar-refractivity contribution in [2.75, 3.05) is 26.2 Å². The Labute approximate surface area is 110 Å². The maximum absolute atomic E-state index is 14.1. The van der Waals surface area contributed by atoms with Crippen LogP contribution in [0.15, 0.2) is 35.3 Å². The maximum Gasteiger partial charge on any atom is 0.142 e. The largest absolute Gasteiger partial charge is 0.314 e. The first-order valence-corrected chi connectivity index (χ1v) is 6.54. The lowest BCUT2D eigenvalue weighted by molar-refractivity contribution is 0.200. The van der Waals surface area contributed by atoms with Crippen LogP contribution in [0.4, 0.5) is 4.39 Å². The minimum Gasteiger partial charge on any atom is -0.314 e. The van der Waals surface area contributed by atoms with Gasteiger partial charge in [0.05, 0.1) is 10.5 Å². The summed E-state index contributed by atoms with van der Waals surface area (Å²) in [6.07, 6.45) is 1.82. The van der Waals surface area contributed by atoms with Crippen LogP contribution >= 0.6 is 15.9 Å². The van der Waals surface area contributed by atoms with Crippen LogP contribution in [0.2, 0.25) is 0 Å². The molecule has 1 saturated heterocycles. The Hall–Kier alpha value is -0.710. The third-order valence-corrected chi connectivity index (χ3v) is 3.68. The minimum absolute atomic E-state index is 0.0467. The number of hydrogen-bond donors (Lipinski definition) is 1. The molecule has 92 valence electrons. The molecule has 1 atom stereocenters. The van der Waals surface area contributed by atoms with Crippen LogP contribution in [-0.2, 0) is 0 Å². The Morgan fingerprint density at radius 1 is 1.41 bits per heavy atom. The molecule has 1 fully saturated rings. The van der Waals surface area contributed by atoms with Crippen molar-refractivity contribution in [3.05, 3.63) is 46.7 Å². The highest BCUT2D eigenvalue weighted by Gasteiger charge is 2.22. The van der Waals surface area contributed by atoms with Crippen molar-refractivity contribution in [3.8, 4) is 0 Å². The lowest BCUT2D eigenvalue weighted by atomic mass is 10.0. The Morgan fingerprint density at radius 2 is 2.12 bits per heavy atom. The Bertz CT molecular complexity index is 402. The topological polar surface area (TPSA) is 15.3 Å². The summed E-state index contributed by atoms with van der Waals surface area (Å²) in [6.45, 7) is 7.57. The van der Waals surface area contributed by atoms with Crippen molar-refractivity contribution < 1.29 is 4.39 Å². The molecule has 0 bridgehead atoms. The van der Waals surface area contributed by atoms with E-state index in [1.165, 1.54) is 0 Å². The van der Waals surface area contributed by atoms with Gasteiger partial charge in [-0.3, -0.25) is 4.90 Å². The smallest absolute Gasteiger partial charge is 0.142 e. The molecule has 1 aromatic rings. The van der Waals surface area contributed by atoms with E-state index in [0.717, 1.165) is 26.2 Å². The highest BCUT2D eigenvalue weighted by Crippen LogP contribution is 2.28. The average Bonchev–Trinajstić information content (AvgIpc) is 2.37. The first kappa shape index (κ1) is 12.7. The number of hydrogen-bond acceptors (Lipinski definition) is 2. The molecule has 4 heteroatoms. The summed E-state index contributed by atoms with van der Waals surface area (Å²) in [4.78, 5) is 2.24. The average molecular weight is 299 g/mol. The highest BCUT2D eigenvalue weighted by atomic mass is 79.9. The van der Waals surface area contributed by atoms with Gasteiger partial charge in [0.15, 0.2) is 0 Å². The molecule has 1 aromatic carbocycles. The van der Waals surface area contributed by atoms with E-state index < -0.39 is 0 Å². The summed E-state index contributed by atoms with van der Waals surface area (Å²) < 4.78 is 14.6. The number of rotatable bonds is 3. The molecule has 0 aromatic heterocycles. The van der Waals surface area contributed by atoms with Gasteiger partial charge in [0.2, 0.25) is 0 Å². The SMILES string of the molecule is C=C[C@@H](c1cccc(Br)c1F)N1CCNCC1. The molecule has 0 aliphatic carbocycles. The Morgan fingerprint density at radius 3 is 2.76 bits per heavy atom. The predicted molar refractivity (Wildman–Crippen MR) is 71.5 cm³/mol. The van der Waals surface area contributed by atoms with Gasteiger partial charge in [-0.05, 0) is 22.0 Å². The van der Waals surface area contributed by atoms with Crippen molar-refractivity contribution in [3.63, 3.8) is 0 Å². The number of nitrogens with one attached hydrogen (secondary N) is 1. The lowest BCUT2D eigenvalue weighted by Gasteiger charge is -2.33. The lowest BCUT2D eigenvalue weighted by Crippen LogP contribution is -2.44. The van der Waals surface area contributed by atoms with Crippen LogP contribution in [0.25, 0.3) is 0 Å². The van der Waals surface area contributed by atoms with E-state index in [9.17, 15) is 4.39 Å². The van der Waals surface area contributed by atoms with Crippen molar-refractivity contribution in [1.82, 2.24) is 10.2 Å². The van der Waals surface area contributed by atoms with Crippen molar-refractivity contribution >= 4 is 15.9 Å². The zero-order valence-electron chi connectivity index (χ0n) is 9.63. The summed E-state index contributed by atoms with van der Waals surface area (Å²) in [5.74, 6) is -0.184. The standard InChI is InChI=1S/C13H16BrFN2/c1-2-12(17-8-6-16-7-9-17)10-4-3-5-11(14)13(10)15/h2-5,12,16H,1,6-9H2/t12-/m0/s1. The summed E-state index contributed by atoms with van der Waals surface area (Å²) in [7, 11) is 0. The van der Waals surface area contributed by atoms with Gasteiger partial charge >= 0.3 is 0 Å². The fraction of sp³-hybridized carbons (Fsp3) is 0.385. The molecule has 0 amide bonds. The first-order chi connectivity index (χ1) is 8.24. The molecule has 0 radical (unpaired) electrons. The van der Waals surface area contributed by atoms with Gasteiger partial charge in [-0.2, -0.15) is 0 Å². The molecule has 1 aliphatic heterocycles. The molecule has 1 heterocycles. The number of benzene rings is 1. The first-order valence-electron chi connectivity index (χ1n) is 5.75. The van der Waals surface area contributed by atoms with Crippen LogP contribution in [0.1, 0.15) is 11.6 Å². The second kappa shape index (κ2) is 5.76. The van der Waals surface area contributed by atoms with Gasteiger partial charge in [-0.15, -0.1) is 6.58 Å². The third kappa shape index (κ3) is 2.76. The Balaban J connectivity index is 2.27. The predicted octanol–water partition coefficient (Wildman–Crippen LogP) is 2.72. The monoisotopic (exact) mass is 298 g/mol. The van der Waals surface area contributed by atoms with Crippen LogP contribution in [0, 0.1) is 5.82 Å². The molecule has 1 N–H and O–H groups in total. The van der Waals surface area contributed by atoms with Gasteiger partial charge < -0.3 is 5.32 Å². The van der Waals surface area contributed by atoms with Gasteiger partial charge in [0.25, 0.3) is 0 Å². The normalized spacial score (nSPS) is 18.9. The van der Waals surface area contributed by atoms with Crippen molar-refractivity contribution in [2.45, 2.75) is 6.04 Å². The molecule has 0 spiro atoms. The highest BCUT2D eigenvalue weighted by molar-refractivity contribution is 9.10. The van der Waals surface area contributed by atoms with Gasteiger partial charge in [-0.1, -0.05) is 18.2 Å². The van der Waals surface area contributed by atoms with Crippen molar-refractivity contribution in [1.29, 1.82) is 0 Å². The van der Waals surface area contributed by atoms with E-state index in [-0.39, 0.29) is 11.9 Å². The quantitative estimate of drug-likeness (QED) is 0.863. The van der Waals surface area contributed by atoms with E-state index in [2.05, 4.69) is 32.7 Å². The van der Waals surface area contributed by atoms with Gasteiger partial charge in [0, 0.05) is 31.7 Å². The molecular weight excluding hydrogens is 283 g/mol. The summed E-state index contributed by atoms with van der Waals surface area (Å²) in [5.41, 5.74) is 0.691. The van der Waals surface area contributed by atoms with E-state index in [1.54, 1.807) is 6.07 Å². The third-order valence-electron chi connectivity index (χ3n) is 3.07. The minimum atomic E-state index is -0.184. The number of piperazine rings is 1. The van der Waals surface area contributed by atoms with Crippen LogP contribution < -0.4 is 5.32 Å². The zero-order valence-corrected chi connectivity index (χ0v) is 11.2. The van der Waals surface area contributed by atoms with E-state index >= 15 is 0 Å². The fourth-order valence-electron chi connectivity index (χ4n) is 2.18. The van der Waals surface area contributed by atoms with E-state index in [0.29, 0.717) is 10.0 Å². The molecule has 2 rings (SSSR count). The molecule has 0 saturated carbocycles. The fourth-order valence-corrected chi connectivity index (χ4v) is 2.56. The summed E-state index contributed by atoms with van der Waals surface area (Å²) in [6, 6.07) is 5.36. The molecule has 2 nitrogen and oxygen atoms in total. The maximum atomic E-state index is 14.1. The number of halogens is 2. The second-order valence-corrected chi connectivity index (χ2v) is 4.96. The van der Waals surface area contributed by atoms with E-state index in [1.807, 2.05) is 18.2 Å². The molecular formula is C13H16BrFN2. The Kier molecular flexibility index (Phi) is 4.31. The van der Waals surface area contributed by atoms with E-state index in [4.69, 9.17) is 0 Å². The van der Waals surface area contributed by atoms with Crippen LogP contribution in [0.5, 0.6) is 0 Å².